The largest absolute Gasteiger partial charge is 0.338 e. The number of carbonyl (C=O) groups is 1. The molecule has 2 aromatic carbocycles. The van der Waals surface area contributed by atoms with Crippen molar-refractivity contribution in [3.8, 4) is 17.2 Å². The molecule has 7 heteroatoms. The molecule has 4 rings (SSSR count). The number of hydrogen-bond acceptors (Lipinski definition) is 5. The van der Waals surface area contributed by atoms with Gasteiger partial charge in [0.15, 0.2) is 9.84 Å². The summed E-state index contributed by atoms with van der Waals surface area (Å²) < 4.78 is 23.7. The zero-order valence-corrected chi connectivity index (χ0v) is 17.5. The lowest BCUT2D eigenvalue weighted by Crippen LogP contribution is -2.54. The minimum atomic E-state index is -3.02. The van der Waals surface area contributed by atoms with Crippen LogP contribution in [0.1, 0.15) is 42.4 Å². The molecule has 1 saturated carbocycles. The maximum atomic E-state index is 12.5. The van der Waals surface area contributed by atoms with Crippen molar-refractivity contribution in [2.45, 2.75) is 55.2 Å². The van der Waals surface area contributed by atoms with Gasteiger partial charge >= 0.3 is 0 Å². The molecule has 1 atom stereocenters. The summed E-state index contributed by atoms with van der Waals surface area (Å²) in [6.45, 7) is 0. The molecule has 1 unspecified atom stereocenters. The van der Waals surface area contributed by atoms with Crippen molar-refractivity contribution >= 4 is 15.7 Å². The number of nitrogens with zero attached hydrogens (tertiary/aromatic N) is 1. The Balaban J connectivity index is 1.44. The molecule has 0 bridgehead atoms. The summed E-state index contributed by atoms with van der Waals surface area (Å²) >= 11 is 0. The predicted molar refractivity (Wildman–Crippen MR) is 115 cm³/mol. The fraction of sp³-hybridized carbons (Fsp3) is 0.391. The molecule has 0 spiro atoms. The van der Waals surface area contributed by atoms with E-state index in [1.54, 1.807) is 0 Å². The summed E-state index contributed by atoms with van der Waals surface area (Å²) in [6, 6.07) is 15.1. The van der Waals surface area contributed by atoms with Crippen LogP contribution in [0.3, 0.4) is 0 Å². The molecule has 0 saturated heterocycles. The van der Waals surface area contributed by atoms with Gasteiger partial charge in [-0.1, -0.05) is 49.2 Å². The molecule has 3 N–H and O–H groups in total. The van der Waals surface area contributed by atoms with Crippen LogP contribution >= 0.6 is 0 Å². The van der Waals surface area contributed by atoms with Gasteiger partial charge in [-0.25, -0.2) is 8.42 Å². The standard InChI is InChI=1S/C23H25N3O3S/c24-13-21(26-22(27)23(25)9-1-2-10-23)11-16-3-5-17(6-4-16)18-7-8-19-14-30(28,29)15-20(19)12-18/h3-8,12,21H,1-2,9-11,14-15,25H2,(H,26,27). The first-order valence-electron chi connectivity index (χ1n) is 10.2. The molecule has 1 fully saturated rings. The van der Waals surface area contributed by atoms with Gasteiger partial charge in [0, 0.05) is 6.42 Å². The molecule has 0 radical (unpaired) electrons. The maximum Gasteiger partial charge on any atom is 0.241 e. The van der Waals surface area contributed by atoms with Crippen LogP contribution < -0.4 is 11.1 Å². The molecule has 1 aliphatic heterocycles. The first-order chi connectivity index (χ1) is 14.3. The first kappa shape index (κ1) is 20.6. The van der Waals surface area contributed by atoms with Gasteiger partial charge in [0.05, 0.1) is 23.1 Å². The SMILES string of the molecule is N#CC(Cc1ccc(-c2ccc3c(c2)CS(=O)(=O)C3)cc1)NC(=O)C1(N)CCCC1. The van der Waals surface area contributed by atoms with Gasteiger partial charge < -0.3 is 11.1 Å². The van der Waals surface area contributed by atoms with Crippen LogP contribution in [0.5, 0.6) is 0 Å². The normalized spacial score (nSPS) is 19.6. The highest BCUT2D eigenvalue weighted by Crippen LogP contribution is 2.30. The lowest BCUT2D eigenvalue weighted by molar-refractivity contribution is -0.126. The van der Waals surface area contributed by atoms with E-state index in [4.69, 9.17) is 5.73 Å². The zero-order chi connectivity index (χ0) is 21.4. The summed E-state index contributed by atoms with van der Waals surface area (Å²) in [6.07, 6.45) is 3.61. The maximum absolute atomic E-state index is 12.5. The van der Waals surface area contributed by atoms with Crippen molar-refractivity contribution in [2.24, 2.45) is 5.73 Å². The van der Waals surface area contributed by atoms with Crippen molar-refractivity contribution < 1.29 is 13.2 Å². The molecule has 6 nitrogen and oxygen atoms in total. The van der Waals surface area contributed by atoms with Crippen molar-refractivity contribution in [1.82, 2.24) is 5.32 Å². The van der Waals surface area contributed by atoms with Crippen LogP contribution in [0.4, 0.5) is 0 Å². The molecular formula is C23H25N3O3S. The van der Waals surface area contributed by atoms with E-state index in [9.17, 15) is 18.5 Å². The van der Waals surface area contributed by atoms with E-state index in [0.717, 1.165) is 40.7 Å². The summed E-state index contributed by atoms with van der Waals surface area (Å²) in [5.74, 6) is -0.0240. The number of benzene rings is 2. The fourth-order valence-electron chi connectivity index (χ4n) is 4.34. The molecule has 1 aliphatic carbocycles. The van der Waals surface area contributed by atoms with Gasteiger partial charge in [-0.05, 0) is 46.7 Å². The van der Waals surface area contributed by atoms with Crippen LogP contribution in [-0.4, -0.2) is 25.9 Å². The summed E-state index contributed by atoms with van der Waals surface area (Å²) in [7, 11) is -3.02. The van der Waals surface area contributed by atoms with Gasteiger partial charge in [-0.15, -0.1) is 0 Å². The molecule has 1 amide bonds. The quantitative estimate of drug-likeness (QED) is 0.767. The van der Waals surface area contributed by atoms with Gasteiger partial charge in [0.1, 0.15) is 6.04 Å². The Morgan fingerprint density at radius 3 is 2.37 bits per heavy atom. The molecule has 1 heterocycles. The Labute approximate surface area is 177 Å². The molecule has 30 heavy (non-hydrogen) atoms. The van der Waals surface area contributed by atoms with Crippen LogP contribution in [0.25, 0.3) is 11.1 Å². The van der Waals surface area contributed by atoms with Crippen LogP contribution in [0.15, 0.2) is 42.5 Å². The fourth-order valence-corrected chi connectivity index (χ4v) is 5.94. The average Bonchev–Trinajstić information content (AvgIpc) is 3.29. The Morgan fingerprint density at radius 1 is 1.07 bits per heavy atom. The van der Waals surface area contributed by atoms with Crippen molar-refractivity contribution in [3.63, 3.8) is 0 Å². The molecule has 156 valence electrons. The number of nitrogens with one attached hydrogen (secondary N) is 1. The highest BCUT2D eigenvalue weighted by atomic mass is 32.2. The number of nitriles is 1. The van der Waals surface area contributed by atoms with E-state index in [0.29, 0.717) is 19.3 Å². The minimum Gasteiger partial charge on any atom is -0.338 e. The van der Waals surface area contributed by atoms with Crippen LogP contribution in [0, 0.1) is 11.3 Å². The average molecular weight is 424 g/mol. The number of nitrogens with two attached hydrogens (primary N) is 1. The van der Waals surface area contributed by atoms with Crippen LogP contribution in [0.2, 0.25) is 0 Å². The van der Waals surface area contributed by atoms with Crippen molar-refractivity contribution in [3.05, 3.63) is 59.2 Å². The summed E-state index contributed by atoms with van der Waals surface area (Å²) in [4.78, 5) is 12.5. The first-order valence-corrected chi connectivity index (χ1v) is 12.0. The molecule has 0 aromatic heterocycles. The number of sulfone groups is 1. The zero-order valence-electron chi connectivity index (χ0n) is 16.7. The molecule has 2 aromatic rings. The lowest BCUT2D eigenvalue weighted by Gasteiger charge is -2.24. The topological polar surface area (TPSA) is 113 Å². The Kier molecular flexibility index (Phi) is 5.39. The van der Waals surface area contributed by atoms with E-state index >= 15 is 0 Å². The third kappa shape index (κ3) is 4.25. The number of rotatable bonds is 5. The Morgan fingerprint density at radius 2 is 1.70 bits per heavy atom. The Bertz CT molecular complexity index is 1110. The van der Waals surface area contributed by atoms with Gasteiger partial charge in [0.2, 0.25) is 5.91 Å². The van der Waals surface area contributed by atoms with E-state index < -0.39 is 21.4 Å². The van der Waals surface area contributed by atoms with E-state index in [1.165, 1.54) is 0 Å². The second-order valence-electron chi connectivity index (χ2n) is 8.44. The highest BCUT2D eigenvalue weighted by Gasteiger charge is 2.37. The second-order valence-corrected chi connectivity index (χ2v) is 10.5. The Hall–Kier alpha value is -2.69. The predicted octanol–water partition coefficient (Wildman–Crippen LogP) is 2.60. The monoisotopic (exact) mass is 423 g/mol. The van der Waals surface area contributed by atoms with Gasteiger partial charge in [-0.3, -0.25) is 4.79 Å². The third-order valence-electron chi connectivity index (χ3n) is 6.09. The van der Waals surface area contributed by atoms with Crippen LogP contribution in [-0.2, 0) is 32.6 Å². The second kappa shape index (κ2) is 7.86. The number of hydrogen-bond donors (Lipinski definition) is 2. The van der Waals surface area contributed by atoms with Crippen molar-refractivity contribution in [2.75, 3.05) is 0 Å². The number of amides is 1. The number of fused-ring (bicyclic) bond motifs is 1. The minimum absolute atomic E-state index is 0.0977. The molecular weight excluding hydrogens is 398 g/mol. The molecule has 2 aliphatic rings. The lowest BCUT2D eigenvalue weighted by atomic mass is 9.96. The van der Waals surface area contributed by atoms with Gasteiger partial charge in [0.25, 0.3) is 0 Å². The van der Waals surface area contributed by atoms with Crippen molar-refractivity contribution in [1.29, 1.82) is 5.26 Å². The third-order valence-corrected chi connectivity index (χ3v) is 7.60. The van der Waals surface area contributed by atoms with Gasteiger partial charge in [-0.2, -0.15) is 5.26 Å². The summed E-state index contributed by atoms with van der Waals surface area (Å²) in [5, 5.41) is 12.3. The van der Waals surface area contributed by atoms with E-state index in [-0.39, 0.29) is 17.4 Å². The van der Waals surface area contributed by atoms with E-state index in [2.05, 4.69) is 11.4 Å². The number of carbonyl (C=O) groups excluding carboxylic acids is 1. The smallest absolute Gasteiger partial charge is 0.241 e. The van der Waals surface area contributed by atoms with E-state index in [1.807, 2.05) is 42.5 Å². The summed E-state index contributed by atoms with van der Waals surface area (Å²) in [5.41, 5.74) is 9.96. The highest BCUT2D eigenvalue weighted by molar-refractivity contribution is 7.90.